The van der Waals surface area contributed by atoms with Crippen LogP contribution in [0, 0.1) is 6.92 Å². The Morgan fingerprint density at radius 1 is 1.40 bits per heavy atom. The minimum atomic E-state index is 0.557. The summed E-state index contributed by atoms with van der Waals surface area (Å²) < 4.78 is 2.03. The molecule has 0 saturated heterocycles. The van der Waals surface area contributed by atoms with Crippen LogP contribution in [0.1, 0.15) is 24.6 Å². The summed E-state index contributed by atoms with van der Waals surface area (Å²) in [6.07, 6.45) is 6.08. The van der Waals surface area contributed by atoms with E-state index in [0.717, 1.165) is 17.0 Å². The lowest BCUT2D eigenvalue weighted by molar-refractivity contribution is 0.616. The van der Waals surface area contributed by atoms with Crippen molar-refractivity contribution in [2.24, 2.45) is 0 Å². The summed E-state index contributed by atoms with van der Waals surface area (Å²) in [6, 6.07) is 4.55. The quantitative estimate of drug-likeness (QED) is 0.744. The first-order valence-corrected chi connectivity index (χ1v) is 5.18. The van der Waals surface area contributed by atoms with Crippen molar-refractivity contribution < 1.29 is 0 Å². The number of aromatic nitrogens is 4. The minimum absolute atomic E-state index is 0.557. The highest BCUT2D eigenvalue weighted by molar-refractivity contribution is 5.60. The van der Waals surface area contributed by atoms with E-state index in [1.54, 1.807) is 6.20 Å². The fourth-order valence-corrected chi connectivity index (χ4v) is 1.79. The molecule has 1 saturated carbocycles. The van der Waals surface area contributed by atoms with Crippen molar-refractivity contribution >= 4 is 0 Å². The molecule has 76 valence electrons. The molecule has 0 aliphatic heterocycles. The molecule has 0 atom stereocenters. The van der Waals surface area contributed by atoms with Crippen LogP contribution in [0.5, 0.6) is 0 Å². The Kier molecular flexibility index (Phi) is 1.80. The van der Waals surface area contributed by atoms with Gasteiger partial charge in [-0.25, -0.2) is 4.68 Å². The Bertz CT molecular complexity index is 471. The highest BCUT2D eigenvalue weighted by Gasteiger charge is 2.28. The van der Waals surface area contributed by atoms with Crippen molar-refractivity contribution in [2.75, 3.05) is 0 Å². The highest BCUT2D eigenvalue weighted by atomic mass is 15.5. The Hall–Kier alpha value is -1.71. The molecule has 0 spiro atoms. The standard InChI is InChI=1S/C11H12N4/c1-8-11(9-3-2-6-12-7-9)15(14-13-8)10-4-5-10/h2-3,6-7,10H,4-5H2,1H3. The topological polar surface area (TPSA) is 43.6 Å². The molecule has 15 heavy (non-hydrogen) atoms. The van der Waals surface area contributed by atoms with Gasteiger partial charge in [-0.2, -0.15) is 0 Å². The number of hydrogen-bond donors (Lipinski definition) is 0. The molecule has 4 nitrogen and oxygen atoms in total. The van der Waals surface area contributed by atoms with Crippen LogP contribution in [-0.2, 0) is 0 Å². The zero-order valence-corrected chi connectivity index (χ0v) is 8.59. The summed E-state index contributed by atoms with van der Waals surface area (Å²) in [5.74, 6) is 0. The van der Waals surface area contributed by atoms with E-state index in [1.165, 1.54) is 12.8 Å². The van der Waals surface area contributed by atoms with E-state index >= 15 is 0 Å². The lowest BCUT2D eigenvalue weighted by Gasteiger charge is -2.04. The molecule has 2 heterocycles. The molecule has 1 aliphatic rings. The van der Waals surface area contributed by atoms with Gasteiger partial charge in [0.2, 0.25) is 0 Å². The summed E-state index contributed by atoms with van der Waals surface area (Å²) in [5, 5.41) is 8.33. The van der Waals surface area contributed by atoms with Gasteiger partial charge in [0.05, 0.1) is 17.4 Å². The van der Waals surface area contributed by atoms with Crippen LogP contribution in [-0.4, -0.2) is 20.0 Å². The van der Waals surface area contributed by atoms with Gasteiger partial charge in [-0.1, -0.05) is 5.21 Å². The van der Waals surface area contributed by atoms with E-state index in [9.17, 15) is 0 Å². The first-order chi connectivity index (χ1) is 7.36. The number of nitrogens with zero attached hydrogens (tertiary/aromatic N) is 4. The second kappa shape index (κ2) is 3.15. The van der Waals surface area contributed by atoms with E-state index in [4.69, 9.17) is 0 Å². The Morgan fingerprint density at radius 3 is 2.93 bits per heavy atom. The fraction of sp³-hybridized carbons (Fsp3) is 0.364. The largest absolute Gasteiger partial charge is 0.264 e. The van der Waals surface area contributed by atoms with E-state index in [2.05, 4.69) is 21.4 Å². The normalized spacial score (nSPS) is 15.5. The van der Waals surface area contributed by atoms with Gasteiger partial charge < -0.3 is 0 Å². The Morgan fingerprint density at radius 2 is 2.27 bits per heavy atom. The summed E-state index contributed by atoms with van der Waals surface area (Å²) in [4.78, 5) is 4.13. The third-order valence-electron chi connectivity index (χ3n) is 2.69. The Balaban J connectivity index is 2.13. The molecular formula is C11H12N4. The summed E-state index contributed by atoms with van der Waals surface area (Å²) in [7, 11) is 0. The van der Waals surface area contributed by atoms with Crippen molar-refractivity contribution in [3.63, 3.8) is 0 Å². The van der Waals surface area contributed by atoms with Crippen molar-refractivity contribution in [1.82, 2.24) is 20.0 Å². The lowest BCUT2D eigenvalue weighted by atomic mass is 10.2. The third kappa shape index (κ3) is 1.42. The highest BCUT2D eigenvalue weighted by Crippen LogP contribution is 2.38. The van der Waals surface area contributed by atoms with Crippen LogP contribution in [0.15, 0.2) is 24.5 Å². The maximum atomic E-state index is 4.19. The average molecular weight is 200 g/mol. The van der Waals surface area contributed by atoms with Crippen molar-refractivity contribution in [1.29, 1.82) is 0 Å². The van der Waals surface area contributed by atoms with E-state index in [-0.39, 0.29) is 0 Å². The zero-order chi connectivity index (χ0) is 10.3. The molecule has 0 amide bonds. The van der Waals surface area contributed by atoms with Gasteiger partial charge in [0.1, 0.15) is 0 Å². The van der Waals surface area contributed by atoms with Crippen LogP contribution < -0.4 is 0 Å². The van der Waals surface area contributed by atoms with Crippen LogP contribution >= 0.6 is 0 Å². The lowest BCUT2D eigenvalue weighted by Crippen LogP contribution is -1.99. The van der Waals surface area contributed by atoms with Gasteiger partial charge >= 0.3 is 0 Å². The summed E-state index contributed by atoms with van der Waals surface area (Å²) in [6.45, 7) is 1.99. The molecule has 4 heteroatoms. The van der Waals surface area contributed by atoms with Crippen LogP contribution in [0.4, 0.5) is 0 Å². The number of pyridine rings is 1. The third-order valence-corrected chi connectivity index (χ3v) is 2.69. The minimum Gasteiger partial charge on any atom is -0.264 e. The van der Waals surface area contributed by atoms with E-state index in [0.29, 0.717) is 6.04 Å². The van der Waals surface area contributed by atoms with E-state index in [1.807, 2.05) is 23.9 Å². The smallest absolute Gasteiger partial charge is 0.0933 e. The van der Waals surface area contributed by atoms with Crippen molar-refractivity contribution in [3.8, 4) is 11.3 Å². The second-order valence-electron chi connectivity index (χ2n) is 3.94. The molecule has 0 radical (unpaired) electrons. The molecule has 2 aromatic heterocycles. The van der Waals surface area contributed by atoms with Gasteiger partial charge in [-0.15, -0.1) is 5.10 Å². The molecule has 0 aromatic carbocycles. The average Bonchev–Trinajstić information content (AvgIpc) is 3.04. The Labute approximate surface area is 88.0 Å². The number of rotatable bonds is 2. The van der Waals surface area contributed by atoms with Crippen LogP contribution in [0.3, 0.4) is 0 Å². The van der Waals surface area contributed by atoms with Gasteiger partial charge in [-0.3, -0.25) is 4.98 Å². The number of aryl methyl sites for hydroxylation is 1. The SMILES string of the molecule is Cc1nnn(C2CC2)c1-c1cccnc1. The van der Waals surface area contributed by atoms with Crippen LogP contribution in [0.2, 0.25) is 0 Å². The number of hydrogen-bond acceptors (Lipinski definition) is 3. The second-order valence-corrected chi connectivity index (χ2v) is 3.94. The predicted octanol–water partition coefficient (Wildman–Crippen LogP) is 1.98. The first-order valence-electron chi connectivity index (χ1n) is 5.18. The molecule has 0 bridgehead atoms. The summed E-state index contributed by atoms with van der Waals surface area (Å²) >= 11 is 0. The van der Waals surface area contributed by atoms with Crippen molar-refractivity contribution in [2.45, 2.75) is 25.8 Å². The van der Waals surface area contributed by atoms with Gasteiger partial charge in [0.15, 0.2) is 0 Å². The van der Waals surface area contributed by atoms with Gasteiger partial charge in [0, 0.05) is 18.0 Å². The molecule has 2 aromatic rings. The molecule has 3 rings (SSSR count). The maximum Gasteiger partial charge on any atom is 0.0933 e. The zero-order valence-electron chi connectivity index (χ0n) is 8.59. The fourth-order valence-electron chi connectivity index (χ4n) is 1.79. The summed E-state index contributed by atoms with van der Waals surface area (Å²) in [5.41, 5.74) is 3.20. The molecular weight excluding hydrogens is 188 g/mol. The monoisotopic (exact) mass is 200 g/mol. The molecule has 1 fully saturated rings. The maximum absolute atomic E-state index is 4.19. The van der Waals surface area contributed by atoms with Crippen molar-refractivity contribution in [3.05, 3.63) is 30.2 Å². The molecule has 0 N–H and O–H groups in total. The molecule has 0 unspecified atom stereocenters. The van der Waals surface area contributed by atoms with E-state index < -0.39 is 0 Å². The van der Waals surface area contributed by atoms with Gasteiger partial charge in [-0.05, 0) is 31.9 Å². The van der Waals surface area contributed by atoms with Gasteiger partial charge in [0.25, 0.3) is 0 Å². The predicted molar refractivity (Wildman–Crippen MR) is 56.3 cm³/mol. The first kappa shape index (κ1) is 8.59. The van der Waals surface area contributed by atoms with Crippen LogP contribution in [0.25, 0.3) is 11.3 Å². The molecule has 1 aliphatic carbocycles.